The molecule has 6 nitrogen and oxygen atoms in total. The molecule has 1 N–H and O–H groups in total. The van der Waals surface area contributed by atoms with Crippen LogP contribution >= 0.6 is 0 Å². The number of esters is 1. The van der Waals surface area contributed by atoms with Crippen molar-refractivity contribution in [3.8, 4) is 5.75 Å². The molecule has 2 aromatic rings. The number of piperidine rings is 1. The van der Waals surface area contributed by atoms with Crippen molar-refractivity contribution in [2.75, 3.05) is 53.4 Å². The second-order valence-electron chi connectivity index (χ2n) is 9.09. The Kier molecular flexibility index (Phi) is 7.10. The van der Waals surface area contributed by atoms with Gasteiger partial charge >= 0.3 is 5.97 Å². The van der Waals surface area contributed by atoms with E-state index in [4.69, 9.17) is 4.74 Å². The van der Waals surface area contributed by atoms with Gasteiger partial charge in [-0.15, -0.1) is 0 Å². The van der Waals surface area contributed by atoms with Crippen LogP contribution in [0.15, 0.2) is 36.4 Å². The minimum absolute atomic E-state index is 0.124. The lowest BCUT2D eigenvalue weighted by Crippen LogP contribution is -2.56. The highest BCUT2D eigenvalue weighted by molar-refractivity contribution is 5.87. The van der Waals surface area contributed by atoms with Gasteiger partial charge in [-0.3, -0.25) is 14.6 Å². The molecule has 168 valence electrons. The summed E-state index contributed by atoms with van der Waals surface area (Å²) >= 11 is 0. The fraction of sp³-hybridized carbons (Fsp3) is 0.560. The van der Waals surface area contributed by atoms with Crippen LogP contribution in [0.5, 0.6) is 5.75 Å². The number of nitrogens with zero attached hydrogens (tertiary/aromatic N) is 3. The molecule has 2 aliphatic heterocycles. The summed E-state index contributed by atoms with van der Waals surface area (Å²) < 4.78 is 4.92. The number of aromatic hydroxyl groups is 1. The van der Waals surface area contributed by atoms with Gasteiger partial charge in [0.1, 0.15) is 5.75 Å². The van der Waals surface area contributed by atoms with E-state index >= 15 is 0 Å². The van der Waals surface area contributed by atoms with Crippen LogP contribution in [0.3, 0.4) is 0 Å². The summed E-state index contributed by atoms with van der Waals surface area (Å²) in [6.07, 6.45) is 2.42. The molecule has 0 aromatic heterocycles. The van der Waals surface area contributed by atoms with Crippen LogP contribution in [-0.2, 0) is 16.1 Å². The molecule has 2 aromatic carbocycles. The molecule has 31 heavy (non-hydrogen) atoms. The number of carbonyl (C=O) groups excluding carboxylic acids is 1. The van der Waals surface area contributed by atoms with Crippen LogP contribution in [0.2, 0.25) is 0 Å². The second-order valence-corrected chi connectivity index (χ2v) is 9.09. The molecule has 0 spiro atoms. The molecule has 2 fully saturated rings. The van der Waals surface area contributed by atoms with E-state index in [0.717, 1.165) is 75.0 Å². The molecular weight excluding hydrogens is 390 g/mol. The third-order valence-corrected chi connectivity index (χ3v) is 7.13. The molecule has 6 heteroatoms. The fourth-order valence-electron chi connectivity index (χ4n) is 5.28. The van der Waals surface area contributed by atoms with Crippen LogP contribution in [0.4, 0.5) is 0 Å². The first-order valence-corrected chi connectivity index (χ1v) is 11.5. The molecule has 0 aliphatic carbocycles. The Hall–Kier alpha value is -2.15. The van der Waals surface area contributed by atoms with Gasteiger partial charge in [-0.05, 0) is 49.2 Å². The highest BCUT2D eigenvalue weighted by Gasteiger charge is 2.34. The number of rotatable bonds is 6. The van der Waals surface area contributed by atoms with Crippen molar-refractivity contribution in [2.45, 2.75) is 31.8 Å². The lowest BCUT2D eigenvalue weighted by Gasteiger charge is -2.46. The van der Waals surface area contributed by atoms with E-state index < -0.39 is 0 Å². The fourth-order valence-corrected chi connectivity index (χ4v) is 5.28. The minimum atomic E-state index is -0.124. The standard InChI is InChI=1S/C25H35N3O3/c1-26-13-15-28(16-14-26)23-11-12-27(17-20(23)8-10-25(30)31-2)18-22-21-6-4-3-5-19(21)7-9-24(22)29/h3-7,9,20,23,29H,8,10-18H2,1-2H3/t20-,23+/m0/s1. The number of methoxy groups -OCH3 is 1. The quantitative estimate of drug-likeness (QED) is 0.719. The number of hydrogen-bond donors (Lipinski definition) is 1. The molecule has 0 amide bonds. The van der Waals surface area contributed by atoms with Gasteiger partial charge in [-0.1, -0.05) is 30.3 Å². The molecule has 0 unspecified atom stereocenters. The van der Waals surface area contributed by atoms with E-state index in [1.165, 1.54) is 7.11 Å². The Morgan fingerprint density at radius 2 is 1.87 bits per heavy atom. The lowest BCUT2D eigenvalue weighted by molar-refractivity contribution is -0.141. The van der Waals surface area contributed by atoms with E-state index in [9.17, 15) is 9.90 Å². The summed E-state index contributed by atoms with van der Waals surface area (Å²) in [5, 5.41) is 12.9. The van der Waals surface area contributed by atoms with Crippen molar-refractivity contribution < 1.29 is 14.6 Å². The number of ether oxygens (including phenoxy) is 1. The summed E-state index contributed by atoms with van der Waals surface area (Å²) in [5.74, 6) is 0.667. The summed E-state index contributed by atoms with van der Waals surface area (Å²) in [7, 11) is 3.65. The molecule has 2 heterocycles. The third-order valence-electron chi connectivity index (χ3n) is 7.13. The monoisotopic (exact) mass is 425 g/mol. The molecule has 0 bridgehead atoms. The number of phenols is 1. The molecule has 4 rings (SSSR count). The van der Waals surface area contributed by atoms with Crippen molar-refractivity contribution in [2.24, 2.45) is 5.92 Å². The summed E-state index contributed by atoms with van der Waals surface area (Å²) in [5.41, 5.74) is 1.00. The number of likely N-dealkylation sites (tertiary alicyclic amines) is 1. The number of phenolic OH excluding ortho intramolecular Hbond substituents is 1. The van der Waals surface area contributed by atoms with Gasteiger partial charge in [0.25, 0.3) is 0 Å². The number of benzene rings is 2. The topological polar surface area (TPSA) is 56.2 Å². The zero-order valence-electron chi connectivity index (χ0n) is 18.8. The average molecular weight is 426 g/mol. The minimum Gasteiger partial charge on any atom is -0.508 e. The van der Waals surface area contributed by atoms with E-state index in [0.29, 0.717) is 24.1 Å². The van der Waals surface area contributed by atoms with E-state index in [2.05, 4.69) is 33.9 Å². The maximum Gasteiger partial charge on any atom is 0.305 e. The SMILES string of the molecule is COC(=O)CC[C@H]1CN(Cc2c(O)ccc3ccccc23)CC[C@H]1N1CCN(C)CC1. The van der Waals surface area contributed by atoms with Gasteiger partial charge in [0.2, 0.25) is 0 Å². The van der Waals surface area contributed by atoms with Gasteiger partial charge in [-0.2, -0.15) is 0 Å². The lowest BCUT2D eigenvalue weighted by atomic mass is 9.86. The van der Waals surface area contributed by atoms with E-state index in [-0.39, 0.29) is 5.97 Å². The van der Waals surface area contributed by atoms with Crippen molar-refractivity contribution >= 4 is 16.7 Å². The smallest absolute Gasteiger partial charge is 0.305 e. The van der Waals surface area contributed by atoms with Crippen molar-refractivity contribution in [1.29, 1.82) is 0 Å². The predicted octanol–water partition coefficient (Wildman–Crippen LogP) is 2.94. The number of likely N-dealkylation sites (N-methyl/N-ethyl adjacent to an activating group) is 1. The van der Waals surface area contributed by atoms with Crippen LogP contribution < -0.4 is 0 Å². The molecule has 2 atom stereocenters. The zero-order valence-corrected chi connectivity index (χ0v) is 18.8. The number of fused-ring (bicyclic) bond motifs is 1. The van der Waals surface area contributed by atoms with Crippen molar-refractivity contribution in [3.63, 3.8) is 0 Å². The third kappa shape index (κ3) is 5.20. The maximum absolute atomic E-state index is 11.9. The van der Waals surface area contributed by atoms with Crippen LogP contribution in [0.25, 0.3) is 10.8 Å². The zero-order chi connectivity index (χ0) is 21.8. The first kappa shape index (κ1) is 22.1. The van der Waals surface area contributed by atoms with Crippen LogP contribution in [0, 0.1) is 5.92 Å². The molecule has 0 radical (unpaired) electrons. The maximum atomic E-state index is 11.9. The highest BCUT2D eigenvalue weighted by Crippen LogP contribution is 2.32. The summed E-state index contributed by atoms with van der Waals surface area (Å²) in [6, 6.07) is 12.6. The first-order valence-electron chi connectivity index (χ1n) is 11.5. The largest absolute Gasteiger partial charge is 0.508 e. The van der Waals surface area contributed by atoms with Crippen molar-refractivity contribution in [3.05, 3.63) is 42.0 Å². The Labute approximate surface area is 185 Å². The molecule has 2 saturated heterocycles. The van der Waals surface area contributed by atoms with Crippen molar-refractivity contribution in [1.82, 2.24) is 14.7 Å². The van der Waals surface area contributed by atoms with Gasteiger partial charge < -0.3 is 14.7 Å². The Balaban J connectivity index is 1.49. The van der Waals surface area contributed by atoms with Gasteiger partial charge in [0.05, 0.1) is 7.11 Å². The summed E-state index contributed by atoms with van der Waals surface area (Å²) in [6.45, 7) is 7.09. The van der Waals surface area contributed by atoms with Gasteiger partial charge in [0.15, 0.2) is 0 Å². The average Bonchev–Trinajstić information content (AvgIpc) is 2.80. The summed E-state index contributed by atoms with van der Waals surface area (Å²) in [4.78, 5) is 19.3. The van der Waals surface area contributed by atoms with Crippen LogP contribution in [-0.4, -0.2) is 85.2 Å². The Morgan fingerprint density at radius 3 is 2.65 bits per heavy atom. The predicted molar refractivity (Wildman–Crippen MR) is 123 cm³/mol. The number of carbonyl (C=O) groups is 1. The number of piperazine rings is 1. The molecule has 0 saturated carbocycles. The van der Waals surface area contributed by atoms with Crippen LogP contribution in [0.1, 0.15) is 24.8 Å². The van der Waals surface area contributed by atoms with Gasteiger partial charge in [-0.25, -0.2) is 0 Å². The Morgan fingerprint density at radius 1 is 1.10 bits per heavy atom. The van der Waals surface area contributed by atoms with E-state index in [1.807, 2.05) is 24.3 Å². The highest BCUT2D eigenvalue weighted by atomic mass is 16.5. The molecule has 2 aliphatic rings. The normalized spacial score (nSPS) is 23.8. The second kappa shape index (κ2) is 9.98. The molecular formula is C25H35N3O3. The van der Waals surface area contributed by atoms with Gasteiger partial charge in [0, 0.05) is 57.3 Å². The Bertz CT molecular complexity index is 895. The van der Waals surface area contributed by atoms with E-state index in [1.54, 1.807) is 0 Å². The number of hydrogen-bond acceptors (Lipinski definition) is 6. The first-order chi connectivity index (χ1) is 15.0.